The van der Waals surface area contributed by atoms with Gasteiger partial charge in [0.1, 0.15) is 5.75 Å². The molecule has 1 unspecified atom stereocenters. The summed E-state index contributed by atoms with van der Waals surface area (Å²) in [5, 5.41) is 3.47. The summed E-state index contributed by atoms with van der Waals surface area (Å²) in [6.07, 6.45) is 0.462. The van der Waals surface area contributed by atoms with Crippen molar-refractivity contribution < 1.29 is 14.3 Å². The lowest BCUT2D eigenvalue weighted by Crippen LogP contribution is -2.23. The fraction of sp³-hybridized carbons (Fsp3) is 0.562. The molecule has 4 nitrogen and oxygen atoms in total. The standard InChI is InChI=1S/C16H25NO3S/c1-4-17-15(12-21-11-10-16(18)19-3)13-6-8-14(9-7-13)20-5-2/h6-9,15,17H,4-5,10-12H2,1-3H3. The molecule has 0 amide bonds. The first-order chi connectivity index (χ1) is 10.2. The Balaban J connectivity index is 2.49. The molecule has 1 atom stereocenters. The SMILES string of the molecule is CCNC(CSCCC(=O)OC)c1ccc(OCC)cc1. The molecule has 0 aliphatic carbocycles. The molecule has 118 valence electrons. The highest BCUT2D eigenvalue weighted by Gasteiger charge is 2.11. The summed E-state index contributed by atoms with van der Waals surface area (Å²) >= 11 is 1.76. The minimum absolute atomic E-state index is 0.149. The van der Waals surface area contributed by atoms with Gasteiger partial charge in [-0.3, -0.25) is 4.79 Å². The lowest BCUT2D eigenvalue weighted by molar-refractivity contribution is -0.140. The monoisotopic (exact) mass is 311 g/mol. The van der Waals surface area contributed by atoms with Crippen LogP contribution in [0.3, 0.4) is 0 Å². The lowest BCUT2D eigenvalue weighted by atomic mass is 10.1. The highest BCUT2D eigenvalue weighted by atomic mass is 32.2. The van der Waals surface area contributed by atoms with E-state index in [4.69, 9.17) is 4.74 Å². The van der Waals surface area contributed by atoms with E-state index in [1.807, 2.05) is 19.1 Å². The predicted molar refractivity (Wildman–Crippen MR) is 88.0 cm³/mol. The zero-order valence-corrected chi connectivity index (χ0v) is 13.9. The number of ether oxygens (including phenoxy) is 2. The zero-order valence-electron chi connectivity index (χ0n) is 13.1. The minimum atomic E-state index is -0.149. The molecule has 0 aliphatic rings. The van der Waals surface area contributed by atoms with E-state index in [9.17, 15) is 4.79 Å². The number of carbonyl (C=O) groups excluding carboxylic acids is 1. The quantitative estimate of drug-likeness (QED) is 0.531. The molecule has 1 aromatic rings. The van der Waals surface area contributed by atoms with Crippen molar-refractivity contribution in [3.05, 3.63) is 29.8 Å². The summed E-state index contributed by atoms with van der Waals surface area (Å²) in [7, 11) is 1.42. The van der Waals surface area contributed by atoms with Gasteiger partial charge in [0.05, 0.1) is 20.1 Å². The summed E-state index contributed by atoms with van der Waals surface area (Å²) < 4.78 is 10.1. The van der Waals surface area contributed by atoms with Crippen molar-refractivity contribution in [3.63, 3.8) is 0 Å². The van der Waals surface area contributed by atoms with Gasteiger partial charge >= 0.3 is 5.97 Å². The van der Waals surface area contributed by atoms with E-state index in [-0.39, 0.29) is 12.0 Å². The molecule has 1 rings (SSSR count). The van der Waals surface area contributed by atoms with E-state index >= 15 is 0 Å². The van der Waals surface area contributed by atoms with Gasteiger partial charge in [0.2, 0.25) is 0 Å². The molecule has 1 aromatic carbocycles. The molecule has 0 saturated heterocycles. The summed E-state index contributed by atoms with van der Waals surface area (Å²) in [5.74, 6) is 2.46. The maximum absolute atomic E-state index is 11.1. The minimum Gasteiger partial charge on any atom is -0.494 e. The third kappa shape index (κ3) is 6.87. The molecule has 0 fully saturated rings. The van der Waals surface area contributed by atoms with Crippen LogP contribution < -0.4 is 10.1 Å². The van der Waals surface area contributed by atoms with E-state index in [1.54, 1.807) is 11.8 Å². The first-order valence-electron chi connectivity index (χ1n) is 7.31. The van der Waals surface area contributed by atoms with Crippen LogP contribution in [0.4, 0.5) is 0 Å². The van der Waals surface area contributed by atoms with Crippen molar-refractivity contribution in [1.29, 1.82) is 0 Å². The lowest BCUT2D eigenvalue weighted by Gasteiger charge is -2.18. The second-order valence-electron chi connectivity index (χ2n) is 4.51. The highest BCUT2D eigenvalue weighted by molar-refractivity contribution is 7.99. The van der Waals surface area contributed by atoms with Crippen LogP contribution in [0.5, 0.6) is 5.75 Å². The number of thioether (sulfide) groups is 1. The Morgan fingerprint density at radius 2 is 2.00 bits per heavy atom. The largest absolute Gasteiger partial charge is 0.494 e. The van der Waals surface area contributed by atoms with Gasteiger partial charge in [-0.2, -0.15) is 11.8 Å². The van der Waals surface area contributed by atoms with Gasteiger partial charge in [-0.15, -0.1) is 0 Å². The molecule has 5 heteroatoms. The number of nitrogens with one attached hydrogen (secondary N) is 1. The molecule has 0 aliphatic heterocycles. The smallest absolute Gasteiger partial charge is 0.306 e. The fourth-order valence-electron chi connectivity index (χ4n) is 1.94. The van der Waals surface area contributed by atoms with Crippen molar-refractivity contribution in [2.45, 2.75) is 26.3 Å². The number of hydrogen-bond acceptors (Lipinski definition) is 5. The number of hydrogen-bond donors (Lipinski definition) is 1. The summed E-state index contributed by atoms with van der Waals surface area (Å²) in [6.45, 7) is 5.67. The molecule has 0 spiro atoms. The van der Waals surface area contributed by atoms with Crippen LogP contribution in [0.2, 0.25) is 0 Å². The number of methoxy groups -OCH3 is 1. The summed E-state index contributed by atoms with van der Waals surface area (Å²) in [6, 6.07) is 8.48. The Morgan fingerprint density at radius 1 is 1.29 bits per heavy atom. The van der Waals surface area contributed by atoms with Gasteiger partial charge in [-0.05, 0) is 31.2 Å². The second-order valence-corrected chi connectivity index (χ2v) is 5.66. The maximum atomic E-state index is 11.1. The van der Waals surface area contributed by atoms with E-state index in [0.29, 0.717) is 13.0 Å². The van der Waals surface area contributed by atoms with Crippen LogP contribution in [-0.4, -0.2) is 37.7 Å². The Morgan fingerprint density at radius 3 is 2.57 bits per heavy atom. The normalized spacial score (nSPS) is 12.0. The molecular weight excluding hydrogens is 286 g/mol. The third-order valence-corrected chi connectivity index (χ3v) is 4.07. The van der Waals surface area contributed by atoms with Gasteiger partial charge in [0.15, 0.2) is 0 Å². The van der Waals surface area contributed by atoms with Crippen LogP contribution in [0.15, 0.2) is 24.3 Å². The molecule has 0 aromatic heterocycles. The van der Waals surface area contributed by atoms with Crippen molar-refractivity contribution in [2.24, 2.45) is 0 Å². The van der Waals surface area contributed by atoms with Crippen LogP contribution >= 0.6 is 11.8 Å². The Labute approximate surface area is 131 Å². The first kappa shape index (κ1) is 17.9. The molecule has 0 saturated carbocycles. The Kier molecular flexibility index (Phi) is 8.94. The summed E-state index contributed by atoms with van der Waals surface area (Å²) in [5.41, 5.74) is 1.24. The van der Waals surface area contributed by atoms with Gasteiger partial charge < -0.3 is 14.8 Å². The van der Waals surface area contributed by atoms with Crippen LogP contribution in [0.1, 0.15) is 31.9 Å². The number of rotatable bonds is 10. The van der Waals surface area contributed by atoms with Gasteiger partial charge in [0, 0.05) is 17.5 Å². The average Bonchev–Trinajstić information content (AvgIpc) is 2.51. The highest BCUT2D eigenvalue weighted by Crippen LogP contribution is 2.21. The molecule has 1 N–H and O–H groups in total. The summed E-state index contributed by atoms with van der Waals surface area (Å²) in [4.78, 5) is 11.1. The molecule has 0 bridgehead atoms. The van der Waals surface area contributed by atoms with E-state index in [1.165, 1.54) is 12.7 Å². The van der Waals surface area contributed by atoms with Gasteiger partial charge in [0.25, 0.3) is 0 Å². The first-order valence-corrected chi connectivity index (χ1v) is 8.47. The Bertz CT molecular complexity index is 408. The zero-order chi connectivity index (χ0) is 15.5. The van der Waals surface area contributed by atoms with Crippen molar-refractivity contribution in [1.82, 2.24) is 5.32 Å². The number of esters is 1. The molecular formula is C16H25NO3S. The van der Waals surface area contributed by atoms with Crippen LogP contribution in [0.25, 0.3) is 0 Å². The van der Waals surface area contributed by atoms with Crippen molar-refractivity contribution in [2.75, 3.05) is 31.8 Å². The van der Waals surface area contributed by atoms with E-state index in [0.717, 1.165) is 23.8 Å². The molecule has 21 heavy (non-hydrogen) atoms. The van der Waals surface area contributed by atoms with Crippen LogP contribution in [0, 0.1) is 0 Å². The fourth-order valence-corrected chi connectivity index (χ4v) is 2.96. The van der Waals surface area contributed by atoms with Crippen molar-refractivity contribution >= 4 is 17.7 Å². The molecule has 0 radical (unpaired) electrons. The Hall–Kier alpha value is -1.20. The second kappa shape index (κ2) is 10.5. The van der Waals surface area contributed by atoms with Gasteiger partial charge in [-0.25, -0.2) is 0 Å². The topological polar surface area (TPSA) is 47.6 Å². The average molecular weight is 311 g/mol. The van der Waals surface area contributed by atoms with Crippen LogP contribution in [-0.2, 0) is 9.53 Å². The van der Waals surface area contributed by atoms with E-state index < -0.39 is 0 Å². The van der Waals surface area contributed by atoms with Gasteiger partial charge in [-0.1, -0.05) is 19.1 Å². The maximum Gasteiger partial charge on any atom is 0.306 e. The molecule has 0 heterocycles. The van der Waals surface area contributed by atoms with Crippen molar-refractivity contribution in [3.8, 4) is 5.75 Å². The third-order valence-electron chi connectivity index (χ3n) is 3.01. The van der Waals surface area contributed by atoms with E-state index in [2.05, 4.69) is 29.1 Å². The number of benzene rings is 1. The predicted octanol–water partition coefficient (Wildman–Crippen LogP) is 3.03. The number of carbonyl (C=O) groups is 1.